The van der Waals surface area contributed by atoms with Crippen molar-refractivity contribution >= 4 is 5.91 Å². The topological polar surface area (TPSA) is 59.8 Å². The molecular weight excluding hydrogens is 423 g/mol. The molecule has 1 aliphatic rings. The maximum Gasteiger partial charge on any atom is 0.257 e. The maximum atomic E-state index is 13.3. The summed E-state index contributed by atoms with van der Waals surface area (Å²) in [5.74, 6) is 1.30. The average molecular weight is 453 g/mol. The van der Waals surface area contributed by atoms with Crippen molar-refractivity contribution in [1.82, 2.24) is 19.6 Å². The molecule has 1 fully saturated rings. The molecule has 1 amide bonds. The summed E-state index contributed by atoms with van der Waals surface area (Å²) >= 11 is 0. The number of amides is 1. The zero-order valence-electron chi connectivity index (χ0n) is 19.5. The minimum Gasteiger partial charge on any atom is -0.497 e. The quantitative estimate of drug-likeness (QED) is 0.572. The van der Waals surface area contributed by atoms with Crippen LogP contribution in [0.1, 0.15) is 27.3 Å². The lowest BCUT2D eigenvalue weighted by molar-refractivity contribution is 0.0626. The van der Waals surface area contributed by atoms with Gasteiger partial charge in [-0.3, -0.25) is 9.69 Å². The first-order valence-corrected chi connectivity index (χ1v) is 11.0. The molecule has 3 aromatic rings. The number of hydrogen-bond acceptors (Lipinski definition) is 5. The zero-order chi connectivity index (χ0) is 23.5. The van der Waals surface area contributed by atoms with E-state index >= 15 is 0 Å². The molecule has 1 saturated heterocycles. The van der Waals surface area contributed by atoms with Gasteiger partial charge in [-0.2, -0.15) is 5.10 Å². The van der Waals surface area contributed by atoms with Crippen LogP contribution >= 0.6 is 0 Å². The van der Waals surface area contributed by atoms with Crippen LogP contribution in [-0.2, 0) is 6.54 Å². The molecule has 4 rings (SSSR count). The molecule has 2 aromatic carbocycles. The number of aryl methyl sites for hydroxylation is 1. The van der Waals surface area contributed by atoms with Gasteiger partial charge in [-0.25, -0.2) is 9.07 Å². The second kappa shape index (κ2) is 9.62. The predicted octanol–water partition coefficient (Wildman–Crippen LogP) is 3.60. The SMILES string of the molecule is COc1ccc(OC)c(CN2CCN(C(=O)c3c(C)nn(-c4ccc(F)cc4)c3C)CC2)c1. The molecule has 0 N–H and O–H groups in total. The van der Waals surface area contributed by atoms with Crippen molar-refractivity contribution < 1.29 is 18.7 Å². The number of halogens is 1. The van der Waals surface area contributed by atoms with E-state index in [2.05, 4.69) is 10.00 Å². The standard InChI is InChI=1S/C25H29FN4O3/c1-17-24(18(2)30(27-17)21-7-5-20(26)6-8-21)25(31)29-13-11-28(12-14-29)16-19-15-22(32-3)9-10-23(19)33-4/h5-10,15H,11-14,16H2,1-4H3. The van der Waals surface area contributed by atoms with Crippen LogP contribution in [0.4, 0.5) is 4.39 Å². The third-order valence-corrected chi connectivity index (χ3v) is 6.12. The summed E-state index contributed by atoms with van der Waals surface area (Å²) < 4.78 is 25.9. The van der Waals surface area contributed by atoms with Gasteiger partial charge >= 0.3 is 0 Å². The van der Waals surface area contributed by atoms with Gasteiger partial charge in [-0.15, -0.1) is 0 Å². The van der Waals surface area contributed by atoms with E-state index in [4.69, 9.17) is 9.47 Å². The van der Waals surface area contributed by atoms with Crippen molar-refractivity contribution in [3.63, 3.8) is 0 Å². The van der Waals surface area contributed by atoms with Crippen LogP contribution in [0.5, 0.6) is 11.5 Å². The van der Waals surface area contributed by atoms with E-state index in [9.17, 15) is 9.18 Å². The Kier molecular flexibility index (Phi) is 6.65. The first kappa shape index (κ1) is 22.8. The third-order valence-electron chi connectivity index (χ3n) is 6.12. The van der Waals surface area contributed by atoms with E-state index in [0.717, 1.165) is 48.1 Å². The van der Waals surface area contributed by atoms with E-state index < -0.39 is 0 Å². The average Bonchev–Trinajstić information content (AvgIpc) is 3.13. The predicted molar refractivity (Wildman–Crippen MR) is 124 cm³/mol. The monoisotopic (exact) mass is 452 g/mol. The Hall–Kier alpha value is -3.39. The molecule has 7 nitrogen and oxygen atoms in total. The number of aromatic nitrogens is 2. The van der Waals surface area contributed by atoms with Crippen LogP contribution in [0.25, 0.3) is 5.69 Å². The Morgan fingerprint density at radius 3 is 2.33 bits per heavy atom. The fraction of sp³-hybridized carbons (Fsp3) is 0.360. The molecule has 8 heteroatoms. The van der Waals surface area contributed by atoms with Gasteiger partial charge in [0, 0.05) is 38.3 Å². The van der Waals surface area contributed by atoms with E-state index in [1.54, 1.807) is 31.0 Å². The van der Waals surface area contributed by atoms with Gasteiger partial charge in [-0.05, 0) is 56.3 Å². The normalized spacial score (nSPS) is 14.4. The van der Waals surface area contributed by atoms with E-state index in [0.29, 0.717) is 24.3 Å². The number of piperazine rings is 1. The highest BCUT2D eigenvalue weighted by molar-refractivity contribution is 5.96. The van der Waals surface area contributed by atoms with E-state index in [1.165, 1.54) is 12.1 Å². The summed E-state index contributed by atoms with van der Waals surface area (Å²) in [7, 11) is 3.32. The van der Waals surface area contributed by atoms with Gasteiger partial charge in [0.15, 0.2) is 0 Å². The molecule has 33 heavy (non-hydrogen) atoms. The third kappa shape index (κ3) is 4.71. The Labute approximate surface area is 193 Å². The molecule has 0 aliphatic carbocycles. The second-order valence-corrected chi connectivity index (χ2v) is 8.18. The number of methoxy groups -OCH3 is 2. The molecule has 0 spiro atoms. The van der Waals surface area contributed by atoms with Gasteiger partial charge < -0.3 is 14.4 Å². The van der Waals surface area contributed by atoms with Crippen molar-refractivity contribution in [3.8, 4) is 17.2 Å². The van der Waals surface area contributed by atoms with Crippen LogP contribution in [0.2, 0.25) is 0 Å². The maximum absolute atomic E-state index is 13.3. The van der Waals surface area contributed by atoms with Crippen LogP contribution in [-0.4, -0.2) is 65.9 Å². The summed E-state index contributed by atoms with van der Waals surface area (Å²) in [4.78, 5) is 17.5. The Morgan fingerprint density at radius 1 is 1.00 bits per heavy atom. The van der Waals surface area contributed by atoms with Crippen LogP contribution in [0, 0.1) is 19.7 Å². The number of hydrogen-bond donors (Lipinski definition) is 0. The first-order valence-electron chi connectivity index (χ1n) is 11.0. The number of carbonyl (C=O) groups excluding carboxylic acids is 1. The summed E-state index contributed by atoms with van der Waals surface area (Å²) in [6.07, 6.45) is 0. The van der Waals surface area contributed by atoms with Crippen molar-refractivity contribution in [3.05, 3.63) is 70.8 Å². The largest absolute Gasteiger partial charge is 0.497 e. The van der Waals surface area contributed by atoms with E-state index in [1.807, 2.05) is 36.9 Å². The molecule has 2 heterocycles. The summed E-state index contributed by atoms with van der Waals surface area (Å²) in [6.45, 7) is 7.22. The number of ether oxygens (including phenoxy) is 2. The molecular formula is C25H29FN4O3. The van der Waals surface area contributed by atoms with Crippen molar-refractivity contribution in [2.24, 2.45) is 0 Å². The highest BCUT2D eigenvalue weighted by atomic mass is 19.1. The lowest BCUT2D eigenvalue weighted by Crippen LogP contribution is -2.48. The van der Waals surface area contributed by atoms with Crippen LogP contribution in [0.3, 0.4) is 0 Å². The minimum atomic E-state index is -0.305. The first-order chi connectivity index (χ1) is 15.9. The highest BCUT2D eigenvalue weighted by Crippen LogP contribution is 2.26. The Balaban J connectivity index is 1.45. The number of carbonyl (C=O) groups is 1. The molecule has 0 atom stereocenters. The number of nitrogens with zero attached hydrogens (tertiary/aromatic N) is 4. The summed E-state index contributed by atoms with van der Waals surface area (Å²) in [5.41, 5.74) is 3.83. The Bertz CT molecular complexity index is 1140. The Morgan fingerprint density at radius 2 is 1.70 bits per heavy atom. The van der Waals surface area contributed by atoms with Crippen molar-refractivity contribution in [1.29, 1.82) is 0 Å². The minimum absolute atomic E-state index is 0.0167. The van der Waals surface area contributed by atoms with Gasteiger partial charge in [0.2, 0.25) is 0 Å². The van der Waals surface area contributed by atoms with Crippen molar-refractivity contribution in [2.75, 3.05) is 40.4 Å². The van der Waals surface area contributed by atoms with Gasteiger partial charge in [-0.1, -0.05) is 0 Å². The molecule has 0 bridgehead atoms. The number of benzene rings is 2. The molecule has 0 unspecified atom stereocenters. The van der Waals surface area contributed by atoms with Gasteiger partial charge in [0.25, 0.3) is 5.91 Å². The molecule has 0 saturated carbocycles. The van der Waals surface area contributed by atoms with Gasteiger partial charge in [0.05, 0.1) is 36.9 Å². The summed E-state index contributed by atoms with van der Waals surface area (Å²) in [5, 5.41) is 4.54. The molecule has 0 radical (unpaired) electrons. The fourth-order valence-corrected chi connectivity index (χ4v) is 4.30. The second-order valence-electron chi connectivity index (χ2n) is 8.18. The van der Waals surface area contributed by atoms with Gasteiger partial charge in [0.1, 0.15) is 17.3 Å². The van der Waals surface area contributed by atoms with Crippen molar-refractivity contribution in [2.45, 2.75) is 20.4 Å². The lowest BCUT2D eigenvalue weighted by atomic mass is 10.1. The fourth-order valence-electron chi connectivity index (χ4n) is 4.30. The molecule has 1 aliphatic heterocycles. The number of rotatable bonds is 6. The smallest absolute Gasteiger partial charge is 0.257 e. The van der Waals surface area contributed by atoms with E-state index in [-0.39, 0.29) is 11.7 Å². The zero-order valence-corrected chi connectivity index (χ0v) is 19.5. The highest BCUT2D eigenvalue weighted by Gasteiger charge is 2.27. The molecule has 174 valence electrons. The lowest BCUT2D eigenvalue weighted by Gasteiger charge is -2.35. The molecule has 1 aromatic heterocycles. The van der Waals surface area contributed by atoms with Crippen LogP contribution < -0.4 is 9.47 Å². The summed E-state index contributed by atoms with van der Waals surface area (Å²) in [6, 6.07) is 11.9. The van der Waals surface area contributed by atoms with Crippen LogP contribution in [0.15, 0.2) is 42.5 Å².